The van der Waals surface area contributed by atoms with Crippen LogP contribution in [0.2, 0.25) is 0 Å². The van der Waals surface area contributed by atoms with Gasteiger partial charge in [0.25, 0.3) is 0 Å². The first-order valence-corrected chi connectivity index (χ1v) is 8.02. The van der Waals surface area contributed by atoms with Crippen LogP contribution in [0.5, 0.6) is 0 Å². The molecule has 2 aliphatic rings. The number of rotatable bonds is 6. The second-order valence-corrected chi connectivity index (χ2v) is 6.97. The van der Waals surface area contributed by atoms with E-state index in [0.29, 0.717) is 18.5 Å². The first-order chi connectivity index (χ1) is 7.66. The predicted octanol–water partition coefficient (Wildman–Crippen LogP) is 0.848. The smallest absolute Gasteiger partial charge is 0.211 e. The molecule has 94 valence electrons. The normalized spacial score (nSPS) is 26.9. The predicted molar refractivity (Wildman–Crippen MR) is 64.8 cm³/mol. The quantitative estimate of drug-likeness (QED) is 0.730. The lowest BCUT2D eigenvalue weighted by molar-refractivity contribution is 0.392. The molecular weight excluding hydrogens is 224 g/mol. The monoisotopic (exact) mass is 246 g/mol. The molecule has 0 spiro atoms. The molecule has 1 heterocycles. The number of hydrogen-bond donors (Lipinski definition) is 2. The molecule has 2 N–H and O–H groups in total. The third kappa shape index (κ3) is 4.39. The van der Waals surface area contributed by atoms with Crippen molar-refractivity contribution in [1.82, 2.24) is 10.0 Å². The van der Waals surface area contributed by atoms with Crippen LogP contribution >= 0.6 is 0 Å². The summed E-state index contributed by atoms with van der Waals surface area (Å²) in [7, 11) is -3.03. The van der Waals surface area contributed by atoms with Gasteiger partial charge in [-0.05, 0) is 44.6 Å². The van der Waals surface area contributed by atoms with Crippen LogP contribution in [-0.4, -0.2) is 33.3 Å². The van der Waals surface area contributed by atoms with Gasteiger partial charge < -0.3 is 5.32 Å². The molecule has 0 amide bonds. The van der Waals surface area contributed by atoms with E-state index in [1.165, 1.54) is 25.7 Å². The van der Waals surface area contributed by atoms with Gasteiger partial charge in [-0.1, -0.05) is 6.42 Å². The average Bonchev–Trinajstić information content (AvgIpc) is 3.09. The Kier molecular flexibility index (Phi) is 4.21. The number of nitrogens with one attached hydrogen (secondary N) is 2. The Morgan fingerprint density at radius 1 is 1.19 bits per heavy atom. The van der Waals surface area contributed by atoms with Crippen LogP contribution in [0, 0.1) is 5.92 Å². The molecule has 0 radical (unpaired) electrons. The molecule has 1 unspecified atom stereocenters. The Morgan fingerprint density at radius 3 is 2.62 bits per heavy atom. The van der Waals surface area contributed by atoms with Crippen molar-refractivity contribution in [3.8, 4) is 0 Å². The molecule has 5 heteroatoms. The Hall–Kier alpha value is -0.130. The van der Waals surface area contributed by atoms with Crippen molar-refractivity contribution in [3.05, 3.63) is 0 Å². The van der Waals surface area contributed by atoms with E-state index in [0.717, 1.165) is 19.4 Å². The fourth-order valence-electron chi connectivity index (χ4n) is 2.11. The topological polar surface area (TPSA) is 58.2 Å². The van der Waals surface area contributed by atoms with E-state index < -0.39 is 10.0 Å². The third-order valence-corrected chi connectivity index (χ3v) is 4.82. The van der Waals surface area contributed by atoms with Gasteiger partial charge in [-0.2, -0.15) is 0 Å². The van der Waals surface area contributed by atoms with E-state index >= 15 is 0 Å². The molecule has 1 aliphatic carbocycles. The molecule has 16 heavy (non-hydrogen) atoms. The second-order valence-electron chi connectivity index (χ2n) is 5.05. The summed E-state index contributed by atoms with van der Waals surface area (Å²) in [5.41, 5.74) is 0. The zero-order valence-electron chi connectivity index (χ0n) is 9.74. The maximum atomic E-state index is 11.7. The van der Waals surface area contributed by atoms with Crippen LogP contribution in [0.15, 0.2) is 0 Å². The molecule has 2 rings (SSSR count). The lowest BCUT2D eigenvalue weighted by Crippen LogP contribution is -2.37. The number of sulfonamides is 1. The summed E-state index contributed by atoms with van der Waals surface area (Å²) in [5.74, 6) is 0.889. The molecule has 0 bridgehead atoms. The van der Waals surface area contributed by atoms with Crippen molar-refractivity contribution in [1.29, 1.82) is 0 Å². The second kappa shape index (κ2) is 5.47. The highest BCUT2D eigenvalue weighted by molar-refractivity contribution is 7.89. The summed E-state index contributed by atoms with van der Waals surface area (Å²) < 4.78 is 26.0. The molecule has 1 aliphatic heterocycles. The molecule has 1 saturated heterocycles. The largest absolute Gasteiger partial charge is 0.314 e. The molecule has 1 saturated carbocycles. The number of hydrogen-bond acceptors (Lipinski definition) is 3. The van der Waals surface area contributed by atoms with Crippen LogP contribution in [0.1, 0.15) is 38.5 Å². The van der Waals surface area contributed by atoms with Crippen LogP contribution in [0.4, 0.5) is 0 Å². The van der Waals surface area contributed by atoms with E-state index in [9.17, 15) is 8.42 Å². The summed E-state index contributed by atoms with van der Waals surface area (Å²) in [5, 5.41) is 3.38. The van der Waals surface area contributed by atoms with Crippen LogP contribution < -0.4 is 10.0 Å². The fraction of sp³-hybridized carbons (Fsp3) is 1.00. The van der Waals surface area contributed by atoms with Crippen molar-refractivity contribution in [2.45, 2.75) is 44.6 Å². The van der Waals surface area contributed by atoms with Gasteiger partial charge in [0.05, 0.1) is 5.75 Å². The first-order valence-electron chi connectivity index (χ1n) is 6.36. The molecule has 0 aromatic rings. The Balaban J connectivity index is 1.65. The third-order valence-electron chi connectivity index (χ3n) is 3.44. The standard InChI is InChI=1S/C11H22N2O2S/c14-16(15,13-9-10-4-5-10)8-6-11-3-1-2-7-12-11/h10-13H,1-9H2. The van der Waals surface area contributed by atoms with Crippen molar-refractivity contribution < 1.29 is 8.42 Å². The van der Waals surface area contributed by atoms with Crippen LogP contribution in [-0.2, 0) is 10.0 Å². The summed E-state index contributed by atoms with van der Waals surface area (Å²) in [6.45, 7) is 1.70. The van der Waals surface area contributed by atoms with E-state index in [1.807, 2.05) is 0 Å². The van der Waals surface area contributed by atoms with Gasteiger partial charge in [-0.15, -0.1) is 0 Å². The SMILES string of the molecule is O=S(=O)(CCC1CCCCN1)NCC1CC1. The van der Waals surface area contributed by atoms with Gasteiger partial charge in [0, 0.05) is 12.6 Å². The van der Waals surface area contributed by atoms with E-state index in [2.05, 4.69) is 10.0 Å². The Bertz CT molecular complexity index is 306. The first kappa shape index (κ1) is 12.3. The summed E-state index contributed by atoms with van der Waals surface area (Å²) in [4.78, 5) is 0. The average molecular weight is 246 g/mol. The zero-order chi connectivity index (χ0) is 11.4. The van der Waals surface area contributed by atoms with Crippen LogP contribution in [0.3, 0.4) is 0 Å². The van der Waals surface area contributed by atoms with E-state index in [-0.39, 0.29) is 5.75 Å². The van der Waals surface area contributed by atoms with Gasteiger partial charge in [-0.3, -0.25) is 0 Å². The highest BCUT2D eigenvalue weighted by Gasteiger charge is 2.24. The van der Waals surface area contributed by atoms with E-state index in [4.69, 9.17) is 0 Å². The van der Waals surface area contributed by atoms with Crippen molar-refractivity contribution in [2.24, 2.45) is 5.92 Å². The van der Waals surface area contributed by atoms with Gasteiger partial charge in [0.15, 0.2) is 0 Å². The van der Waals surface area contributed by atoms with Crippen molar-refractivity contribution >= 4 is 10.0 Å². The van der Waals surface area contributed by atoms with Gasteiger partial charge in [0.1, 0.15) is 0 Å². The minimum atomic E-state index is -3.03. The van der Waals surface area contributed by atoms with Gasteiger partial charge >= 0.3 is 0 Å². The lowest BCUT2D eigenvalue weighted by Gasteiger charge is -2.23. The molecule has 2 fully saturated rings. The summed E-state index contributed by atoms with van der Waals surface area (Å²) in [6, 6.07) is 0.409. The van der Waals surface area contributed by atoms with Crippen LogP contribution in [0.25, 0.3) is 0 Å². The molecular formula is C11H22N2O2S. The minimum absolute atomic E-state index is 0.275. The molecule has 0 aromatic heterocycles. The van der Waals surface area contributed by atoms with Crippen molar-refractivity contribution in [2.75, 3.05) is 18.8 Å². The van der Waals surface area contributed by atoms with Gasteiger partial charge in [-0.25, -0.2) is 13.1 Å². The summed E-state index contributed by atoms with van der Waals surface area (Å²) in [6.07, 6.45) is 6.70. The molecule has 0 aromatic carbocycles. The van der Waals surface area contributed by atoms with Crippen molar-refractivity contribution in [3.63, 3.8) is 0 Å². The zero-order valence-corrected chi connectivity index (χ0v) is 10.6. The maximum Gasteiger partial charge on any atom is 0.211 e. The lowest BCUT2D eigenvalue weighted by atomic mass is 10.0. The van der Waals surface area contributed by atoms with Gasteiger partial charge in [0.2, 0.25) is 10.0 Å². The molecule has 4 nitrogen and oxygen atoms in total. The number of piperidine rings is 1. The minimum Gasteiger partial charge on any atom is -0.314 e. The fourth-order valence-corrected chi connectivity index (χ4v) is 3.34. The highest BCUT2D eigenvalue weighted by atomic mass is 32.2. The van der Waals surface area contributed by atoms with E-state index in [1.54, 1.807) is 0 Å². The Labute approximate surface area is 98.2 Å². The highest BCUT2D eigenvalue weighted by Crippen LogP contribution is 2.27. The Morgan fingerprint density at radius 2 is 2.00 bits per heavy atom. The maximum absolute atomic E-state index is 11.7. The summed E-state index contributed by atoms with van der Waals surface area (Å²) >= 11 is 0. The molecule has 1 atom stereocenters.